The molecule has 1 aliphatic carbocycles. The molecule has 1 aromatic heterocycles. The van der Waals surface area contributed by atoms with E-state index in [1.165, 1.54) is 6.07 Å². The summed E-state index contributed by atoms with van der Waals surface area (Å²) >= 11 is 0. The first-order chi connectivity index (χ1) is 13.2. The van der Waals surface area contributed by atoms with Gasteiger partial charge in [-0.2, -0.15) is 13.2 Å². The molecule has 28 heavy (non-hydrogen) atoms. The Balaban J connectivity index is 1.35. The van der Waals surface area contributed by atoms with Gasteiger partial charge in [-0.3, -0.25) is 9.88 Å². The molecular weight excluding hydrogens is 389 g/mol. The van der Waals surface area contributed by atoms with Crippen molar-refractivity contribution < 1.29 is 21.6 Å². The molecule has 2 aliphatic heterocycles. The molecule has 1 atom stereocenters. The number of nitrogens with zero attached hydrogens (tertiary/aromatic N) is 2. The number of halogens is 3. The lowest BCUT2D eigenvalue weighted by Gasteiger charge is -2.45. The first-order valence-electron chi connectivity index (χ1n) is 10.1. The van der Waals surface area contributed by atoms with E-state index < -0.39 is 21.6 Å². The molecule has 3 heterocycles. The third kappa shape index (κ3) is 4.22. The average molecular weight is 417 g/mol. The maximum Gasteiger partial charge on any atom is 0.417 e. The summed E-state index contributed by atoms with van der Waals surface area (Å²) in [7, 11) is -2.88. The number of hydrogen-bond acceptors (Lipinski definition) is 4. The van der Waals surface area contributed by atoms with Crippen LogP contribution in [0.1, 0.15) is 62.1 Å². The second-order valence-corrected chi connectivity index (χ2v) is 11.1. The van der Waals surface area contributed by atoms with Gasteiger partial charge in [0, 0.05) is 30.4 Å². The third-order valence-corrected chi connectivity index (χ3v) is 8.78. The molecule has 0 aromatic carbocycles. The summed E-state index contributed by atoms with van der Waals surface area (Å²) in [5.41, 5.74) is 0.00152. The van der Waals surface area contributed by atoms with Crippen LogP contribution >= 0.6 is 0 Å². The summed E-state index contributed by atoms with van der Waals surface area (Å²) in [6.07, 6.45) is 3.28. The summed E-state index contributed by atoms with van der Waals surface area (Å²) in [4.78, 5) is 6.57. The van der Waals surface area contributed by atoms with Crippen LogP contribution in [-0.2, 0) is 16.0 Å². The van der Waals surface area contributed by atoms with E-state index in [0.29, 0.717) is 17.5 Å². The van der Waals surface area contributed by atoms with Gasteiger partial charge in [-0.1, -0.05) is 0 Å². The van der Waals surface area contributed by atoms with Gasteiger partial charge >= 0.3 is 6.18 Å². The zero-order valence-corrected chi connectivity index (χ0v) is 16.7. The van der Waals surface area contributed by atoms with Gasteiger partial charge in [0.2, 0.25) is 0 Å². The van der Waals surface area contributed by atoms with Crippen LogP contribution in [0.25, 0.3) is 0 Å². The molecule has 4 rings (SSSR count). The van der Waals surface area contributed by atoms with E-state index in [1.807, 2.05) is 0 Å². The first-order valence-corrected chi connectivity index (χ1v) is 12.0. The predicted molar refractivity (Wildman–Crippen MR) is 101 cm³/mol. The van der Waals surface area contributed by atoms with Gasteiger partial charge in [-0.25, -0.2) is 8.42 Å². The third-order valence-electron chi connectivity index (χ3n) is 6.91. The predicted octanol–water partition coefficient (Wildman–Crippen LogP) is 4.03. The van der Waals surface area contributed by atoms with Crippen LogP contribution < -0.4 is 0 Å². The summed E-state index contributed by atoms with van der Waals surface area (Å²) in [6.45, 7) is 1.90. The van der Waals surface area contributed by atoms with E-state index in [1.54, 1.807) is 0 Å². The molecule has 0 bridgehead atoms. The van der Waals surface area contributed by atoms with E-state index in [9.17, 15) is 21.6 Å². The molecule has 1 aromatic rings. The molecule has 8 heteroatoms. The summed E-state index contributed by atoms with van der Waals surface area (Å²) in [5.74, 6) is 0.873. The highest BCUT2D eigenvalue weighted by Crippen LogP contribution is 2.43. The Kier molecular flexibility index (Phi) is 5.23. The molecule has 4 nitrogen and oxygen atoms in total. The van der Waals surface area contributed by atoms with E-state index in [0.717, 1.165) is 76.0 Å². The molecule has 0 radical (unpaired) electrons. The van der Waals surface area contributed by atoms with Crippen molar-refractivity contribution in [3.8, 4) is 0 Å². The minimum atomic E-state index is -4.35. The van der Waals surface area contributed by atoms with Crippen molar-refractivity contribution in [2.24, 2.45) is 5.41 Å². The molecule has 3 aliphatic rings. The van der Waals surface area contributed by atoms with Crippen LogP contribution in [0.4, 0.5) is 13.2 Å². The number of rotatable bonds is 2. The Hall–Kier alpha value is -1.15. The minimum Gasteiger partial charge on any atom is -0.300 e. The van der Waals surface area contributed by atoms with Crippen molar-refractivity contribution in [1.82, 2.24) is 9.88 Å². The SMILES string of the molecule is O=S1(=O)CC[C@]2(CCCN([C@H]3CC[C@H](c4ccc(C(F)(F)F)cn4)CC3)C2)C1. The molecule has 2 saturated heterocycles. The lowest BCUT2D eigenvalue weighted by molar-refractivity contribution is -0.137. The molecule has 3 fully saturated rings. The normalized spacial score (nSPS) is 34.0. The number of alkyl halides is 3. The Morgan fingerprint density at radius 2 is 1.86 bits per heavy atom. The van der Waals surface area contributed by atoms with Crippen LogP contribution in [0.5, 0.6) is 0 Å². The van der Waals surface area contributed by atoms with Crippen LogP contribution in [0.3, 0.4) is 0 Å². The zero-order chi connectivity index (χ0) is 20.0. The Morgan fingerprint density at radius 3 is 2.43 bits per heavy atom. The van der Waals surface area contributed by atoms with Gasteiger partial charge in [0.25, 0.3) is 0 Å². The average Bonchev–Trinajstić information content (AvgIpc) is 2.95. The van der Waals surface area contributed by atoms with E-state index in [4.69, 9.17) is 0 Å². The summed E-state index contributed by atoms with van der Waals surface area (Å²) in [6, 6.07) is 3.10. The summed E-state index contributed by atoms with van der Waals surface area (Å²) in [5, 5.41) is 0. The fraction of sp³-hybridized carbons (Fsp3) is 0.750. The highest BCUT2D eigenvalue weighted by molar-refractivity contribution is 7.91. The minimum absolute atomic E-state index is 0.0527. The van der Waals surface area contributed by atoms with E-state index in [2.05, 4.69) is 9.88 Å². The molecular formula is C20H27F3N2O2S. The van der Waals surface area contributed by atoms with Crippen LogP contribution in [0, 0.1) is 5.41 Å². The largest absolute Gasteiger partial charge is 0.417 e. The lowest BCUT2D eigenvalue weighted by Crippen LogP contribution is -2.49. The Labute approximate surface area is 164 Å². The quantitative estimate of drug-likeness (QED) is 0.731. The van der Waals surface area contributed by atoms with Gasteiger partial charge in [-0.15, -0.1) is 0 Å². The molecule has 0 unspecified atom stereocenters. The number of piperidine rings is 1. The highest BCUT2D eigenvalue weighted by Gasteiger charge is 2.46. The van der Waals surface area contributed by atoms with Crippen molar-refractivity contribution in [2.75, 3.05) is 24.6 Å². The molecule has 0 amide bonds. The second-order valence-electron chi connectivity index (χ2n) is 8.89. The fourth-order valence-corrected chi connectivity index (χ4v) is 7.62. The topological polar surface area (TPSA) is 50.3 Å². The molecule has 156 valence electrons. The summed E-state index contributed by atoms with van der Waals surface area (Å²) < 4.78 is 62.1. The zero-order valence-electron chi connectivity index (χ0n) is 15.9. The monoisotopic (exact) mass is 416 g/mol. The maximum atomic E-state index is 12.7. The van der Waals surface area contributed by atoms with Crippen LogP contribution in [0.2, 0.25) is 0 Å². The van der Waals surface area contributed by atoms with Gasteiger partial charge < -0.3 is 0 Å². The Morgan fingerprint density at radius 1 is 1.11 bits per heavy atom. The van der Waals surface area contributed by atoms with Crippen molar-refractivity contribution in [1.29, 1.82) is 0 Å². The van der Waals surface area contributed by atoms with Crippen molar-refractivity contribution in [3.63, 3.8) is 0 Å². The van der Waals surface area contributed by atoms with Gasteiger partial charge in [0.05, 0.1) is 17.1 Å². The van der Waals surface area contributed by atoms with Gasteiger partial charge in [-0.05, 0) is 69.0 Å². The molecule has 1 saturated carbocycles. The standard InChI is InChI=1S/C20H27F3N2O2S/c21-20(22,23)16-4-7-18(24-12-16)15-2-5-17(6-3-15)25-10-1-8-19(13-25)9-11-28(26,27)14-19/h4,7,12,15,17H,1-3,5-6,8-11,13-14H2/t15-,17-,19-/m0/s1. The van der Waals surface area contributed by atoms with E-state index in [-0.39, 0.29) is 11.3 Å². The lowest BCUT2D eigenvalue weighted by atomic mass is 9.77. The smallest absolute Gasteiger partial charge is 0.300 e. The van der Waals surface area contributed by atoms with Crippen LogP contribution in [-0.4, -0.2) is 48.9 Å². The van der Waals surface area contributed by atoms with Crippen LogP contribution in [0.15, 0.2) is 18.3 Å². The van der Waals surface area contributed by atoms with Crippen molar-refractivity contribution >= 4 is 9.84 Å². The van der Waals surface area contributed by atoms with Crippen molar-refractivity contribution in [2.45, 2.75) is 63.1 Å². The number of likely N-dealkylation sites (tertiary alicyclic amines) is 1. The molecule has 0 N–H and O–H groups in total. The number of pyridine rings is 1. The number of sulfone groups is 1. The molecule has 1 spiro atoms. The highest BCUT2D eigenvalue weighted by atomic mass is 32.2. The Bertz CT molecular complexity index is 802. The maximum absolute atomic E-state index is 12.7. The van der Waals surface area contributed by atoms with Crippen molar-refractivity contribution in [3.05, 3.63) is 29.6 Å². The second kappa shape index (κ2) is 7.27. The van der Waals surface area contributed by atoms with Gasteiger partial charge in [0.1, 0.15) is 0 Å². The number of hydrogen-bond donors (Lipinski definition) is 0. The number of aromatic nitrogens is 1. The fourth-order valence-electron chi connectivity index (χ4n) is 5.41. The van der Waals surface area contributed by atoms with E-state index >= 15 is 0 Å². The first kappa shape index (κ1) is 20.1. The van der Waals surface area contributed by atoms with Gasteiger partial charge in [0.15, 0.2) is 9.84 Å².